The van der Waals surface area contributed by atoms with Crippen molar-refractivity contribution in [1.82, 2.24) is 0 Å². The van der Waals surface area contributed by atoms with Gasteiger partial charge in [0, 0.05) is 69.1 Å². The Bertz CT molecular complexity index is 7900. The first-order chi connectivity index (χ1) is 64.3. The van der Waals surface area contributed by atoms with Gasteiger partial charge in [-0.25, -0.2) is 0 Å². The minimum atomic E-state index is 0. The molecule has 650 valence electrons. The van der Waals surface area contributed by atoms with Gasteiger partial charge in [-0.15, -0.1) is 0 Å². The molecule has 27 rings (SSSR count). The summed E-state index contributed by atoms with van der Waals surface area (Å²) in [4.78, 5) is 5.05. The Kier molecular flexibility index (Phi) is 22.1. The van der Waals surface area contributed by atoms with Crippen LogP contribution in [-0.4, -0.2) is 0 Å². The third kappa shape index (κ3) is 14.2. The molecule has 3 aromatic heterocycles. The van der Waals surface area contributed by atoms with Crippen LogP contribution in [0.4, 0.5) is 45.5 Å². The number of nitrogens with one attached hydrogen (secondary N) is 1. The minimum Gasteiger partial charge on any atom is -0.454 e. The molecule has 0 spiro atoms. The van der Waals surface area contributed by atoms with Crippen LogP contribution < -0.4 is 15.1 Å². The Hall–Kier alpha value is -13.0. The second-order valence-corrected chi connectivity index (χ2v) is 39.2. The fourth-order valence-electron chi connectivity index (χ4n) is 24.1. The molecule has 0 bridgehead atoms. The van der Waals surface area contributed by atoms with Gasteiger partial charge in [0.05, 0.1) is 28.4 Å². The molecule has 4 fully saturated rings. The van der Waals surface area contributed by atoms with Crippen molar-refractivity contribution in [2.75, 3.05) is 15.1 Å². The number of benzene rings is 20. The van der Waals surface area contributed by atoms with Gasteiger partial charge >= 0.3 is 0 Å². The minimum absolute atomic E-state index is 0. The highest BCUT2D eigenvalue weighted by Crippen LogP contribution is 2.57. The van der Waals surface area contributed by atoms with E-state index < -0.39 is 0 Å². The molecule has 4 saturated carbocycles. The molecule has 20 aromatic carbocycles. The fraction of sp³-hybridized carbons (Fsp3) is 0.210. The standard InChI is InChI=1S/C72H56N2O2.C28H28Br2.C22H15NO.2CH4/c1-5-19-45(20-6-1)59-43-63(73(49-25-9-3-10-26-49)61-33-17-31-57-67-51-29-15-13-23-47(51)35-41-65(67)75-71(57)61)55-40-38-54-60(46-21-7-2-8-22-46)44-64(56-39-37-53(59)69(55)70(54)56)74(50-27-11-4-12-28-50)62-34-18-32-58-68-52-30-16-14-24-48(52)36-42-66(68)76-72(58)62;29-25-15-23(17-7-3-1-4-8-17)19-11-13-22-26(30)16-24(18-9-5-2-6-10-18)20-12-14-21(25)27(19)28(20)22;1-2-8-16(9-3-1)23-19-12-6-11-18-21-17-10-5-4-7-15(17)13-14-20(21)24-22(18)19;;/h3-4,9-18,23-46H,1-2,5-8,19-22H2;11-18H,1-10H2;1-14,23H;2*1H4. The second-order valence-electron chi connectivity index (χ2n) is 37.5. The van der Waals surface area contributed by atoms with Crippen LogP contribution in [-0.2, 0) is 0 Å². The van der Waals surface area contributed by atoms with Crippen molar-refractivity contribution in [3.63, 3.8) is 0 Å². The van der Waals surface area contributed by atoms with Gasteiger partial charge < -0.3 is 28.4 Å². The number of anilines is 8. The maximum absolute atomic E-state index is 7.11. The van der Waals surface area contributed by atoms with Gasteiger partial charge in [0.25, 0.3) is 0 Å². The third-order valence-electron chi connectivity index (χ3n) is 30.1. The quantitative estimate of drug-likeness (QED) is 0.123. The first-order valence-corrected chi connectivity index (χ1v) is 49.3. The van der Waals surface area contributed by atoms with E-state index in [9.17, 15) is 0 Å². The van der Waals surface area contributed by atoms with E-state index in [4.69, 9.17) is 13.3 Å². The zero-order valence-electron chi connectivity index (χ0n) is 73.0. The van der Waals surface area contributed by atoms with Crippen molar-refractivity contribution >= 4 is 240 Å². The summed E-state index contributed by atoms with van der Waals surface area (Å²) in [6.07, 6.45) is 26.0. The Morgan fingerprint density at radius 2 is 0.523 bits per heavy atom. The molecule has 0 radical (unpaired) electrons. The van der Waals surface area contributed by atoms with Crippen molar-refractivity contribution in [1.29, 1.82) is 0 Å². The van der Waals surface area contributed by atoms with E-state index in [1.807, 2.05) is 18.2 Å². The van der Waals surface area contributed by atoms with Crippen molar-refractivity contribution < 1.29 is 13.3 Å². The first kappa shape index (κ1) is 83.4. The summed E-state index contributed by atoms with van der Waals surface area (Å²) >= 11 is 7.92. The Morgan fingerprint density at radius 1 is 0.227 bits per heavy atom. The molecule has 0 atom stereocenters. The lowest BCUT2D eigenvalue weighted by atomic mass is 9.77. The molecule has 6 nitrogen and oxygen atoms in total. The van der Waals surface area contributed by atoms with Gasteiger partial charge in [0.1, 0.15) is 16.7 Å². The van der Waals surface area contributed by atoms with Crippen molar-refractivity contribution in [2.45, 2.75) is 167 Å². The number of para-hydroxylation sites is 6. The van der Waals surface area contributed by atoms with E-state index in [1.54, 1.807) is 11.1 Å². The highest BCUT2D eigenvalue weighted by Gasteiger charge is 2.34. The summed E-state index contributed by atoms with van der Waals surface area (Å²) in [6, 6.07) is 120. The van der Waals surface area contributed by atoms with Crippen LogP contribution in [0, 0.1) is 0 Å². The molecule has 132 heavy (non-hydrogen) atoms. The second kappa shape index (κ2) is 35.0. The average molecular weight is 1850 g/mol. The number of hydrogen-bond donors (Lipinski definition) is 1. The highest BCUT2D eigenvalue weighted by atomic mass is 79.9. The Labute approximate surface area is 788 Å². The molecule has 1 N–H and O–H groups in total. The number of furan rings is 3. The van der Waals surface area contributed by atoms with Crippen molar-refractivity contribution in [3.05, 3.63) is 359 Å². The first-order valence-electron chi connectivity index (χ1n) is 47.7. The molecular weight excluding hydrogens is 1740 g/mol. The molecule has 0 aliphatic heterocycles. The zero-order valence-corrected chi connectivity index (χ0v) is 76.2. The predicted octanol–water partition coefficient (Wildman–Crippen LogP) is 39.7. The summed E-state index contributed by atoms with van der Waals surface area (Å²) in [5.74, 6) is 2.31. The molecule has 4 aliphatic rings. The summed E-state index contributed by atoms with van der Waals surface area (Å²) in [7, 11) is 0. The smallest absolute Gasteiger partial charge is 0.159 e. The topological polar surface area (TPSA) is 57.9 Å². The van der Waals surface area contributed by atoms with Gasteiger partial charge in [-0.05, 0) is 281 Å². The SMILES string of the molecule is Brc1cc(C2CCCCC2)c2ccc3c(Br)cc(C4CCCCC4)c4ccc1c2c34.C.C.c1ccc(N(c2cc(C3CCCCC3)c3ccc4c(N(c5ccccc5)c5cccc6c5oc5ccc7ccccc7c56)cc(C5CCCCC5)c5ccc2c3c54)c2cccc3c2oc2ccc4ccccc4c23)cc1.c1ccc(Nc2cccc3c2oc2ccc4ccccc4c23)cc1. The average Bonchev–Trinajstić information content (AvgIpc) is 0.824. The molecule has 0 amide bonds. The van der Waals surface area contributed by atoms with E-state index in [0.29, 0.717) is 23.7 Å². The number of halogens is 2. The molecule has 0 saturated heterocycles. The van der Waals surface area contributed by atoms with Crippen LogP contribution in [0.1, 0.15) is 189 Å². The van der Waals surface area contributed by atoms with Crippen LogP contribution in [0.3, 0.4) is 0 Å². The van der Waals surface area contributed by atoms with Crippen molar-refractivity contribution in [3.8, 4) is 0 Å². The van der Waals surface area contributed by atoms with Crippen LogP contribution in [0.2, 0.25) is 0 Å². The Balaban J connectivity index is 0.000000143. The van der Waals surface area contributed by atoms with Gasteiger partial charge in [-0.1, -0.05) is 354 Å². The van der Waals surface area contributed by atoms with Crippen LogP contribution in [0.5, 0.6) is 0 Å². The molecular formula is C124H107Br2N3O3. The van der Waals surface area contributed by atoms with Gasteiger partial charge in [0.15, 0.2) is 16.7 Å². The van der Waals surface area contributed by atoms with E-state index in [-0.39, 0.29) is 14.9 Å². The number of nitrogens with zero attached hydrogens (tertiary/aromatic N) is 2. The molecule has 0 unspecified atom stereocenters. The van der Waals surface area contributed by atoms with Gasteiger partial charge in [0.2, 0.25) is 0 Å². The molecule has 8 heteroatoms. The maximum atomic E-state index is 7.11. The van der Waals surface area contributed by atoms with Crippen LogP contribution >= 0.6 is 31.9 Å². The van der Waals surface area contributed by atoms with Crippen LogP contribution in [0.25, 0.3) is 163 Å². The molecule has 4 aliphatic carbocycles. The fourth-order valence-corrected chi connectivity index (χ4v) is 25.3. The lowest BCUT2D eigenvalue weighted by molar-refractivity contribution is 0.445. The normalized spacial score (nSPS) is 15.1. The monoisotopic (exact) mass is 1840 g/mol. The number of hydrogen-bond acceptors (Lipinski definition) is 6. The van der Waals surface area contributed by atoms with Gasteiger partial charge in [-0.2, -0.15) is 0 Å². The van der Waals surface area contributed by atoms with Crippen LogP contribution in [0.15, 0.2) is 350 Å². The number of rotatable bonds is 12. The lowest BCUT2D eigenvalue weighted by Crippen LogP contribution is -2.14. The predicted molar refractivity (Wildman–Crippen MR) is 572 cm³/mol. The van der Waals surface area contributed by atoms with E-state index >= 15 is 0 Å². The van der Waals surface area contributed by atoms with E-state index in [2.05, 4.69) is 356 Å². The third-order valence-corrected chi connectivity index (χ3v) is 31.4. The summed E-state index contributed by atoms with van der Waals surface area (Å²) in [5, 5.41) is 34.4. The number of fused-ring (bicyclic) bond motifs is 15. The molecule has 23 aromatic rings. The molecule has 3 heterocycles. The van der Waals surface area contributed by atoms with Gasteiger partial charge in [-0.3, -0.25) is 0 Å². The highest BCUT2D eigenvalue weighted by molar-refractivity contribution is 9.11. The lowest BCUT2D eigenvalue weighted by Gasteiger charge is -2.33. The summed E-state index contributed by atoms with van der Waals surface area (Å²) in [6.45, 7) is 0. The van der Waals surface area contributed by atoms with Crippen molar-refractivity contribution in [2.24, 2.45) is 0 Å². The largest absolute Gasteiger partial charge is 0.454 e. The summed E-state index contributed by atoms with van der Waals surface area (Å²) < 4.78 is 23.0. The zero-order chi connectivity index (χ0) is 86.0. The van der Waals surface area contributed by atoms with E-state index in [1.165, 1.54) is 273 Å². The van der Waals surface area contributed by atoms with E-state index in [0.717, 1.165) is 83.8 Å². The summed E-state index contributed by atoms with van der Waals surface area (Å²) in [5.41, 5.74) is 20.2. The maximum Gasteiger partial charge on any atom is 0.159 e. The Morgan fingerprint density at radius 3 is 0.902 bits per heavy atom.